The number of rotatable bonds is 8. The maximum atomic E-state index is 12.1. The van der Waals surface area contributed by atoms with Crippen molar-refractivity contribution < 1.29 is 4.21 Å². The van der Waals surface area contributed by atoms with Crippen molar-refractivity contribution in [3.63, 3.8) is 0 Å². The zero-order valence-electron chi connectivity index (χ0n) is 14.1. The monoisotopic (exact) mass is 331 g/mol. The molecule has 1 heterocycles. The van der Waals surface area contributed by atoms with Gasteiger partial charge in [-0.15, -0.1) is 0 Å². The van der Waals surface area contributed by atoms with Crippen LogP contribution >= 0.6 is 0 Å². The number of nitrogens with one attached hydrogen (secondary N) is 1. The molecule has 0 amide bonds. The Balaban J connectivity index is 2.24. The van der Waals surface area contributed by atoms with Gasteiger partial charge in [0.1, 0.15) is 16.8 Å². The van der Waals surface area contributed by atoms with Gasteiger partial charge < -0.3 is 4.90 Å². The average molecular weight is 331 g/mol. The number of hydrogen-bond acceptors (Lipinski definition) is 3. The van der Waals surface area contributed by atoms with Crippen molar-refractivity contribution in [1.29, 1.82) is 0 Å². The summed E-state index contributed by atoms with van der Waals surface area (Å²) in [7, 11) is 0.922. The summed E-state index contributed by atoms with van der Waals surface area (Å²) in [5, 5.41) is 0. The summed E-state index contributed by atoms with van der Waals surface area (Å²) in [6, 6.07) is 11.9. The van der Waals surface area contributed by atoms with E-state index in [0.29, 0.717) is 0 Å². The molecule has 1 aromatic carbocycles. The van der Waals surface area contributed by atoms with Crippen molar-refractivity contribution in [3.05, 3.63) is 42.6 Å². The first-order valence-corrected chi connectivity index (χ1v) is 9.24. The number of nitrogens with zero attached hydrogens (tertiary/aromatic N) is 2. The first-order chi connectivity index (χ1) is 11.2. The molecule has 2 rings (SSSR count). The molecular weight excluding hydrogens is 306 g/mol. The molecule has 0 bridgehead atoms. The molecule has 1 unspecified atom stereocenters. The van der Waals surface area contributed by atoms with Gasteiger partial charge in [-0.3, -0.25) is 0 Å². The molecule has 0 fully saturated rings. The van der Waals surface area contributed by atoms with Crippen LogP contribution in [0.15, 0.2) is 47.5 Å². The quantitative estimate of drug-likeness (QED) is 0.803. The van der Waals surface area contributed by atoms with Crippen LogP contribution in [0.1, 0.15) is 26.7 Å². The summed E-state index contributed by atoms with van der Waals surface area (Å²) < 4.78 is 15.1. The maximum Gasteiger partial charge on any atom is 0.136 e. The Morgan fingerprint density at radius 3 is 2.52 bits per heavy atom. The Bertz CT molecular complexity index is 643. The Labute approximate surface area is 141 Å². The second-order valence-corrected chi connectivity index (χ2v) is 6.78. The van der Waals surface area contributed by atoms with E-state index >= 15 is 0 Å². The highest BCUT2D eigenvalue weighted by Crippen LogP contribution is 2.28. The van der Waals surface area contributed by atoms with Crippen molar-refractivity contribution in [2.24, 2.45) is 0 Å². The zero-order valence-corrected chi connectivity index (χ0v) is 14.9. The van der Waals surface area contributed by atoms with Crippen LogP contribution < -0.4 is 9.62 Å². The Hall–Kier alpha value is -1.72. The minimum atomic E-state index is -1.14. The molecule has 1 atom stereocenters. The number of pyridine rings is 1. The van der Waals surface area contributed by atoms with Crippen LogP contribution in [0.5, 0.6) is 0 Å². The van der Waals surface area contributed by atoms with Crippen LogP contribution in [-0.2, 0) is 11.0 Å². The van der Waals surface area contributed by atoms with Crippen molar-refractivity contribution in [2.45, 2.75) is 31.6 Å². The number of aromatic nitrogens is 1. The second-order valence-electron chi connectivity index (χ2n) is 5.48. The topological polar surface area (TPSA) is 45.2 Å². The summed E-state index contributed by atoms with van der Waals surface area (Å²) in [5.74, 6) is 0.979. The van der Waals surface area contributed by atoms with Crippen LogP contribution in [0.25, 0.3) is 11.1 Å². The molecule has 4 nitrogen and oxygen atoms in total. The standard InChI is InChI=1S/C18H25N3OS/c1-4-12-20-23(22)16-10-8-15(9-11-16)17-7-6-13-19-18(17)21(3)14-5-2/h6-11,13,20H,4-5,12,14H2,1-3H3. The van der Waals surface area contributed by atoms with Gasteiger partial charge in [-0.1, -0.05) is 26.0 Å². The molecule has 23 heavy (non-hydrogen) atoms. The van der Waals surface area contributed by atoms with E-state index in [-0.39, 0.29) is 0 Å². The van der Waals surface area contributed by atoms with Gasteiger partial charge >= 0.3 is 0 Å². The van der Waals surface area contributed by atoms with Crippen LogP contribution in [0, 0.1) is 0 Å². The van der Waals surface area contributed by atoms with Gasteiger partial charge in [-0.2, -0.15) is 0 Å². The number of anilines is 1. The SMILES string of the molecule is CCCNS(=O)c1ccc(-c2cccnc2N(C)CCC)cc1. The highest BCUT2D eigenvalue weighted by molar-refractivity contribution is 7.83. The molecule has 0 saturated heterocycles. The highest BCUT2D eigenvalue weighted by Gasteiger charge is 2.10. The van der Waals surface area contributed by atoms with E-state index in [1.54, 1.807) is 0 Å². The number of benzene rings is 1. The summed E-state index contributed by atoms with van der Waals surface area (Å²) in [6.07, 6.45) is 3.86. The lowest BCUT2D eigenvalue weighted by molar-refractivity contribution is 0.670. The van der Waals surface area contributed by atoms with Gasteiger partial charge in [0, 0.05) is 31.9 Å². The Kier molecular flexibility index (Phi) is 6.74. The third kappa shape index (κ3) is 4.62. The maximum absolute atomic E-state index is 12.1. The van der Waals surface area contributed by atoms with Crippen LogP contribution in [-0.4, -0.2) is 29.3 Å². The fraction of sp³-hybridized carbons (Fsp3) is 0.389. The lowest BCUT2D eigenvalue weighted by atomic mass is 10.1. The van der Waals surface area contributed by atoms with Gasteiger partial charge in [0.05, 0.1) is 4.90 Å². The van der Waals surface area contributed by atoms with Gasteiger partial charge in [-0.05, 0) is 42.7 Å². The van der Waals surface area contributed by atoms with Crippen molar-refractivity contribution in [3.8, 4) is 11.1 Å². The molecule has 0 spiro atoms. The fourth-order valence-electron chi connectivity index (χ4n) is 2.40. The van der Waals surface area contributed by atoms with E-state index in [1.807, 2.05) is 36.5 Å². The van der Waals surface area contributed by atoms with Crippen molar-refractivity contribution in [1.82, 2.24) is 9.71 Å². The Morgan fingerprint density at radius 2 is 1.87 bits per heavy atom. The minimum absolute atomic E-state index is 0.753. The third-order valence-electron chi connectivity index (χ3n) is 3.57. The van der Waals surface area contributed by atoms with E-state index < -0.39 is 11.0 Å². The minimum Gasteiger partial charge on any atom is -0.359 e. The smallest absolute Gasteiger partial charge is 0.136 e. The van der Waals surface area contributed by atoms with E-state index in [1.165, 1.54) is 0 Å². The Morgan fingerprint density at radius 1 is 1.13 bits per heavy atom. The zero-order chi connectivity index (χ0) is 16.7. The molecule has 0 aliphatic carbocycles. The van der Waals surface area contributed by atoms with Gasteiger partial charge in [0.15, 0.2) is 0 Å². The fourth-order valence-corrected chi connectivity index (χ4v) is 3.34. The number of hydrogen-bond donors (Lipinski definition) is 1. The summed E-state index contributed by atoms with van der Waals surface area (Å²) in [5.41, 5.74) is 2.19. The molecule has 0 aliphatic rings. The molecule has 5 heteroatoms. The molecule has 124 valence electrons. The van der Waals surface area contributed by atoms with Crippen molar-refractivity contribution >= 4 is 16.8 Å². The van der Waals surface area contributed by atoms with Gasteiger partial charge in [-0.25, -0.2) is 13.9 Å². The van der Waals surface area contributed by atoms with Crippen molar-refractivity contribution in [2.75, 3.05) is 25.0 Å². The normalized spacial score (nSPS) is 12.1. The van der Waals surface area contributed by atoms with Crippen LogP contribution in [0.3, 0.4) is 0 Å². The molecule has 0 saturated carbocycles. The van der Waals surface area contributed by atoms with Crippen LogP contribution in [0.2, 0.25) is 0 Å². The highest BCUT2D eigenvalue weighted by atomic mass is 32.2. The lowest BCUT2D eigenvalue weighted by Crippen LogP contribution is -2.19. The van der Waals surface area contributed by atoms with Gasteiger partial charge in [0.2, 0.25) is 0 Å². The molecule has 0 radical (unpaired) electrons. The molecule has 2 aromatic rings. The molecule has 1 N–H and O–H groups in total. The molecular formula is C18H25N3OS. The van der Waals surface area contributed by atoms with E-state index in [2.05, 4.69) is 41.6 Å². The first-order valence-electron chi connectivity index (χ1n) is 8.09. The van der Waals surface area contributed by atoms with Crippen LogP contribution in [0.4, 0.5) is 5.82 Å². The second kappa shape index (κ2) is 8.79. The predicted octanol–water partition coefficient (Wildman–Crippen LogP) is 3.62. The third-order valence-corrected chi connectivity index (χ3v) is 4.74. The molecule has 1 aromatic heterocycles. The van der Waals surface area contributed by atoms with E-state index in [0.717, 1.165) is 47.8 Å². The summed E-state index contributed by atoms with van der Waals surface area (Å²) in [6.45, 7) is 5.94. The average Bonchev–Trinajstić information content (AvgIpc) is 2.60. The predicted molar refractivity (Wildman–Crippen MR) is 97.9 cm³/mol. The van der Waals surface area contributed by atoms with E-state index in [9.17, 15) is 4.21 Å². The lowest BCUT2D eigenvalue weighted by Gasteiger charge is -2.20. The van der Waals surface area contributed by atoms with Gasteiger partial charge in [0.25, 0.3) is 0 Å². The summed E-state index contributed by atoms with van der Waals surface area (Å²) >= 11 is 0. The summed E-state index contributed by atoms with van der Waals surface area (Å²) in [4.78, 5) is 7.50. The molecule has 0 aliphatic heterocycles. The largest absolute Gasteiger partial charge is 0.359 e. The van der Waals surface area contributed by atoms with E-state index in [4.69, 9.17) is 0 Å². The first kappa shape index (κ1) is 17.6.